The SMILES string of the molecule is Cc1cc(CNC(=O)C(C)C(C)N)on1.Cl. The summed E-state index contributed by atoms with van der Waals surface area (Å²) in [6, 6.07) is 1.64. The first-order valence-corrected chi connectivity index (χ1v) is 4.96. The second-order valence-corrected chi connectivity index (χ2v) is 3.80. The molecule has 6 heteroatoms. The number of carbonyl (C=O) groups excluding carboxylic acids is 1. The average Bonchev–Trinajstić information content (AvgIpc) is 2.59. The van der Waals surface area contributed by atoms with Crippen LogP contribution in [0.5, 0.6) is 0 Å². The van der Waals surface area contributed by atoms with Crippen molar-refractivity contribution in [1.29, 1.82) is 0 Å². The van der Waals surface area contributed by atoms with Crippen molar-refractivity contribution >= 4 is 18.3 Å². The lowest BCUT2D eigenvalue weighted by Gasteiger charge is -2.14. The number of nitrogens with two attached hydrogens (primary N) is 1. The van der Waals surface area contributed by atoms with E-state index in [0.717, 1.165) is 5.69 Å². The minimum absolute atomic E-state index is 0. The van der Waals surface area contributed by atoms with E-state index in [9.17, 15) is 4.79 Å². The first-order chi connectivity index (χ1) is 7.00. The van der Waals surface area contributed by atoms with Crippen LogP contribution in [0.2, 0.25) is 0 Å². The number of aryl methyl sites for hydroxylation is 1. The van der Waals surface area contributed by atoms with Crippen LogP contribution in [0.1, 0.15) is 25.3 Å². The van der Waals surface area contributed by atoms with Crippen LogP contribution in [0.4, 0.5) is 0 Å². The molecule has 0 aromatic carbocycles. The second-order valence-electron chi connectivity index (χ2n) is 3.80. The van der Waals surface area contributed by atoms with E-state index < -0.39 is 0 Å². The maximum atomic E-state index is 11.5. The zero-order valence-electron chi connectivity index (χ0n) is 9.69. The van der Waals surface area contributed by atoms with Gasteiger partial charge >= 0.3 is 0 Å². The summed E-state index contributed by atoms with van der Waals surface area (Å²) in [4.78, 5) is 11.5. The van der Waals surface area contributed by atoms with Crippen LogP contribution in [-0.4, -0.2) is 17.1 Å². The number of nitrogens with one attached hydrogen (secondary N) is 1. The highest BCUT2D eigenvalue weighted by molar-refractivity contribution is 5.85. The van der Waals surface area contributed by atoms with Crippen LogP contribution in [0, 0.1) is 12.8 Å². The minimum Gasteiger partial charge on any atom is -0.359 e. The number of nitrogens with zero attached hydrogens (tertiary/aromatic N) is 1. The highest BCUT2D eigenvalue weighted by Gasteiger charge is 2.16. The first-order valence-electron chi connectivity index (χ1n) is 4.96. The van der Waals surface area contributed by atoms with Gasteiger partial charge < -0.3 is 15.6 Å². The fourth-order valence-electron chi connectivity index (χ4n) is 1.07. The standard InChI is InChI=1S/C10H17N3O2.ClH/c1-6-4-9(15-13-6)5-12-10(14)7(2)8(3)11;/h4,7-8H,5,11H2,1-3H3,(H,12,14);1H. The Labute approximate surface area is 101 Å². The van der Waals surface area contributed by atoms with Gasteiger partial charge in [-0.15, -0.1) is 12.4 Å². The molecule has 0 saturated heterocycles. The molecule has 16 heavy (non-hydrogen) atoms. The molecule has 1 aromatic rings. The van der Waals surface area contributed by atoms with E-state index in [-0.39, 0.29) is 30.3 Å². The van der Waals surface area contributed by atoms with E-state index in [1.807, 2.05) is 13.8 Å². The third-order valence-electron chi connectivity index (χ3n) is 2.32. The normalized spacial score (nSPS) is 13.8. The van der Waals surface area contributed by atoms with Gasteiger partial charge in [-0.2, -0.15) is 0 Å². The molecule has 1 aromatic heterocycles. The molecule has 0 aliphatic heterocycles. The van der Waals surface area contributed by atoms with Crippen LogP contribution in [0.25, 0.3) is 0 Å². The van der Waals surface area contributed by atoms with Crippen LogP contribution in [0.15, 0.2) is 10.6 Å². The number of halogens is 1. The van der Waals surface area contributed by atoms with Crippen molar-refractivity contribution in [1.82, 2.24) is 10.5 Å². The highest BCUT2D eigenvalue weighted by atomic mass is 35.5. The Balaban J connectivity index is 0.00000225. The van der Waals surface area contributed by atoms with E-state index in [4.69, 9.17) is 10.3 Å². The van der Waals surface area contributed by atoms with E-state index >= 15 is 0 Å². The summed E-state index contributed by atoms with van der Waals surface area (Å²) in [7, 11) is 0. The Morgan fingerprint density at radius 2 is 2.25 bits per heavy atom. The summed E-state index contributed by atoms with van der Waals surface area (Å²) in [6.07, 6.45) is 0. The molecule has 2 atom stereocenters. The Morgan fingerprint density at radius 1 is 1.62 bits per heavy atom. The van der Waals surface area contributed by atoms with E-state index in [1.54, 1.807) is 13.0 Å². The van der Waals surface area contributed by atoms with Gasteiger partial charge in [-0.3, -0.25) is 4.79 Å². The first kappa shape index (κ1) is 14.9. The summed E-state index contributed by atoms with van der Waals surface area (Å²) in [5.41, 5.74) is 6.42. The third kappa shape index (κ3) is 4.20. The van der Waals surface area contributed by atoms with E-state index in [2.05, 4.69) is 10.5 Å². The van der Waals surface area contributed by atoms with Crippen molar-refractivity contribution in [3.05, 3.63) is 17.5 Å². The van der Waals surface area contributed by atoms with Gasteiger partial charge in [0.15, 0.2) is 5.76 Å². The van der Waals surface area contributed by atoms with Crippen LogP contribution >= 0.6 is 12.4 Å². The lowest BCUT2D eigenvalue weighted by Crippen LogP contribution is -2.38. The molecule has 2 unspecified atom stereocenters. The van der Waals surface area contributed by atoms with Crippen molar-refractivity contribution in [2.75, 3.05) is 0 Å². The Bertz CT molecular complexity index is 339. The van der Waals surface area contributed by atoms with Crippen LogP contribution in [0.3, 0.4) is 0 Å². The zero-order chi connectivity index (χ0) is 11.4. The number of aromatic nitrogens is 1. The van der Waals surface area contributed by atoms with Crippen molar-refractivity contribution in [3.8, 4) is 0 Å². The molecule has 5 nitrogen and oxygen atoms in total. The molecule has 1 heterocycles. The lowest BCUT2D eigenvalue weighted by molar-refractivity contribution is -0.125. The maximum Gasteiger partial charge on any atom is 0.224 e. The molecular weight excluding hydrogens is 230 g/mol. The lowest BCUT2D eigenvalue weighted by atomic mass is 10.0. The molecule has 0 saturated carbocycles. The summed E-state index contributed by atoms with van der Waals surface area (Å²) in [5, 5.41) is 6.46. The largest absolute Gasteiger partial charge is 0.359 e. The van der Waals surface area contributed by atoms with Gasteiger partial charge in [-0.1, -0.05) is 12.1 Å². The topological polar surface area (TPSA) is 81.2 Å². The predicted molar refractivity (Wildman–Crippen MR) is 63.1 cm³/mol. The fraction of sp³-hybridized carbons (Fsp3) is 0.600. The smallest absolute Gasteiger partial charge is 0.224 e. The number of hydrogen-bond acceptors (Lipinski definition) is 4. The third-order valence-corrected chi connectivity index (χ3v) is 2.32. The fourth-order valence-corrected chi connectivity index (χ4v) is 1.07. The van der Waals surface area contributed by atoms with Gasteiger partial charge in [-0.25, -0.2) is 0 Å². The van der Waals surface area contributed by atoms with E-state index in [0.29, 0.717) is 12.3 Å². The number of carbonyl (C=O) groups is 1. The van der Waals surface area contributed by atoms with Gasteiger partial charge in [-0.05, 0) is 13.8 Å². The van der Waals surface area contributed by atoms with E-state index in [1.165, 1.54) is 0 Å². The Morgan fingerprint density at radius 3 is 2.69 bits per heavy atom. The molecule has 0 spiro atoms. The second kappa shape index (κ2) is 6.50. The zero-order valence-corrected chi connectivity index (χ0v) is 10.5. The summed E-state index contributed by atoms with van der Waals surface area (Å²) >= 11 is 0. The molecule has 3 N–H and O–H groups in total. The van der Waals surface area contributed by atoms with Gasteiger partial charge in [0.25, 0.3) is 0 Å². The van der Waals surface area contributed by atoms with Crippen molar-refractivity contribution < 1.29 is 9.32 Å². The molecule has 0 fully saturated rings. The maximum absolute atomic E-state index is 11.5. The monoisotopic (exact) mass is 247 g/mol. The molecule has 1 rings (SSSR count). The van der Waals surface area contributed by atoms with Crippen LogP contribution in [-0.2, 0) is 11.3 Å². The average molecular weight is 248 g/mol. The van der Waals surface area contributed by atoms with Crippen LogP contribution < -0.4 is 11.1 Å². The summed E-state index contributed by atoms with van der Waals surface area (Å²) in [6.45, 7) is 5.80. The van der Waals surface area contributed by atoms with Crippen molar-refractivity contribution in [3.63, 3.8) is 0 Å². The van der Waals surface area contributed by atoms with Gasteiger partial charge in [0.05, 0.1) is 12.2 Å². The molecule has 0 aliphatic rings. The molecule has 0 bridgehead atoms. The molecule has 92 valence electrons. The molecule has 0 radical (unpaired) electrons. The van der Waals surface area contributed by atoms with Crippen molar-refractivity contribution in [2.24, 2.45) is 11.7 Å². The van der Waals surface area contributed by atoms with Gasteiger partial charge in [0, 0.05) is 18.0 Å². The van der Waals surface area contributed by atoms with Gasteiger partial charge in [0.2, 0.25) is 5.91 Å². The minimum atomic E-state index is -0.200. The number of hydrogen-bond donors (Lipinski definition) is 2. The highest BCUT2D eigenvalue weighted by Crippen LogP contribution is 2.03. The van der Waals surface area contributed by atoms with Crippen molar-refractivity contribution in [2.45, 2.75) is 33.4 Å². The number of amides is 1. The Kier molecular flexibility index (Phi) is 6.06. The Hall–Kier alpha value is -1.07. The predicted octanol–water partition coefficient (Wildman–Crippen LogP) is 1.00. The quantitative estimate of drug-likeness (QED) is 0.832. The molecule has 1 amide bonds. The summed E-state index contributed by atoms with van der Waals surface area (Å²) < 4.78 is 4.96. The molecular formula is C10H18ClN3O2. The number of rotatable bonds is 4. The van der Waals surface area contributed by atoms with Gasteiger partial charge in [0.1, 0.15) is 0 Å². The summed E-state index contributed by atoms with van der Waals surface area (Å²) in [5.74, 6) is 0.380. The molecule has 0 aliphatic carbocycles.